The minimum atomic E-state index is -0.917. The van der Waals surface area contributed by atoms with E-state index in [-0.39, 0.29) is 17.4 Å². The van der Waals surface area contributed by atoms with E-state index in [0.29, 0.717) is 0 Å². The molecule has 1 N–H and O–H groups in total. The smallest absolute Gasteiger partial charge is 0.451 e. The van der Waals surface area contributed by atoms with Crippen LogP contribution < -0.4 is 0 Å². The number of hydrogen-bond acceptors (Lipinski definition) is 2. The van der Waals surface area contributed by atoms with Crippen LogP contribution in [0.5, 0.6) is 0 Å². The van der Waals surface area contributed by atoms with Gasteiger partial charge in [-0.05, 0) is 0 Å². The molecule has 0 unspecified atom stereocenters. The van der Waals surface area contributed by atoms with Gasteiger partial charge >= 0.3 is 9.40 Å². The molecule has 2 nitrogen and oxygen atoms in total. The standard InChI is InChI=1S/Al.HNOSi.3H/c;1-3-2;;;/h;2H;;;. The largest absolute Gasteiger partial charge is 0.503 e. The van der Waals surface area contributed by atoms with E-state index in [2.05, 4.69) is 0 Å². The molecule has 0 fully saturated rings. The maximum Gasteiger partial charge on any atom is 0.451 e. The number of hydrogen-bond donors (Lipinski definition) is 1. The van der Waals surface area contributed by atoms with Crippen molar-refractivity contribution in [3.63, 3.8) is 0 Å². The van der Waals surface area contributed by atoms with Crippen LogP contribution in [-0.2, 0) is 0 Å². The summed E-state index contributed by atoms with van der Waals surface area (Å²) >= 11 is 0. The van der Waals surface area contributed by atoms with Gasteiger partial charge in [0.2, 0.25) is 0 Å². The van der Waals surface area contributed by atoms with E-state index in [1.54, 1.807) is 0 Å². The van der Waals surface area contributed by atoms with E-state index in [9.17, 15) is 0 Å². The van der Waals surface area contributed by atoms with Gasteiger partial charge < -0.3 is 4.80 Å². The molecule has 0 spiro atoms. The lowest BCUT2D eigenvalue weighted by molar-refractivity contribution is 0.617. The lowest BCUT2D eigenvalue weighted by atomic mass is 14.0. The molecule has 22 valence electrons. The molecule has 4 heavy (non-hydrogen) atoms. The summed E-state index contributed by atoms with van der Waals surface area (Å²) in [6.45, 7) is 0. The van der Waals surface area contributed by atoms with Crippen LogP contribution in [0.3, 0.4) is 0 Å². The minimum absolute atomic E-state index is 0. The average Bonchev–Trinajstić information content (AvgIpc) is 0.918. The molecule has 0 aromatic heterocycles. The summed E-state index contributed by atoms with van der Waals surface area (Å²) in [6, 6.07) is 0. The Hall–Kier alpha value is 0.259. The third kappa shape index (κ3) is 53.3. The molecule has 0 rings (SSSR count). The van der Waals surface area contributed by atoms with Gasteiger partial charge in [0, 0.05) is 0 Å². The fourth-order valence-electron chi connectivity index (χ4n) is 0. The van der Waals surface area contributed by atoms with Crippen molar-refractivity contribution < 1.29 is 4.80 Å². The Balaban J connectivity index is 0. The second kappa shape index (κ2) is 10.5. The fraction of sp³-hybridized carbons (Fsp3) is 0. The first-order chi connectivity index (χ1) is 1.41. The summed E-state index contributed by atoms with van der Waals surface area (Å²) in [4.78, 5) is 14.3. The molecule has 0 aliphatic carbocycles. The first-order valence-electron chi connectivity index (χ1n) is 0.447. The van der Waals surface area contributed by atoms with Crippen LogP contribution in [0.1, 0.15) is 0 Å². The van der Waals surface area contributed by atoms with Gasteiger partial charge in [0.25, 0.3) is 0 Å². The zero-order valence-corrected chi connectivity index (χ0v) is 2.39. The van der Waals surface area contributed by atoms with Crippen molar-refractivity contribution >= 4 is 26.8 Å². The maximum absolute atomic E-state index is 7.15. The SMILES string of the molecule is N#[Si]O.[AlH3]. The zero-order valence-electron chi connectivity index (χ0n) is 1.39. The lowest BCUT2D eigenvalue weighted by Gasteiger charge is -1.24. The van der Waals surface area contributed by atoms with E-state index < -0.39 is 9.40 Å². The van der Waals surface area contributed by atoms with Crippen LogP contribution in [-0.4, -0.2) is 31.6 Å². The van der Waals surface area contributed by atoms with Crippen molar-refractivity contribution in [2.24, 2.45) is 0 Å². The van der Waals surface area contributed by atoms with E-state index in [4.69, 9.17) is 9.68 Å². The van der Waals surface area contributed by atoms with Crippen LogP contribution in [0.2, 0.25) is 0 Å². The summed E-state index contributed by atoms with van der Waals surface area (Å²) in [5.74, 6) is 0. The average molecular weight is 89.1 g/mol. The Morgan fingerprint density at radius 2 is 1.75 bits per heavy atom. The summed E-state index contributed by atoms with van der Waals surface area (Å²) < 4.78 is 0. The molecule has 0 bridgehead atoms. The molecule has 0 amide bonds. The molecule has 0 saturated carbocycles. The Bertz CT molecular complexity index is 29.5. The monoisotopic (exact) mass is 89.0 g/mol. The highest BCUT2D eigenvalue weighted by Crippen LogP contribution is 0.871. The van der Waals surface area contributed by atoms with Gasteiger partial charge in [-0.15, -0.1) is 0 Å². The van der Waals surface area contributed by atoms with Crippen molar-refractivity contribution in [1.29, 1.82) is 4.89 Å². The third-order valence-corrected chi connectivity index (χ3v) is 0. The molecule has 0 saturated heterocycles. The van der Waals surface area contributed by atoms with Gasteiger partial charge in [-0.1, -0.05) is 0 Å². The molecule has 0 aromatic carbocycles. The molecule has 4 heteroatoms. The highest BCUT2D eigenvalue weighted by Gasteiger charge is 1.25. The van der Waals surface area contributed by atoms with Gasteiger partial charge in [0.15, 0.2) is 17.4 Å². The lowest BCUT2D eigenvalue weighted by Crippen LogP contribution is -1.46. The quantitative estimate of drug-likeness (QED) is 0.345. The predicted molar refractivity (Wildman–Crippen MR) is 19.6 cm³/mol. The summed E-state index contributed by atoms with van der Waals surface area (Å²) in [7, 11) is -0.917. The third-order valence-electron chi connectivity index (χ3n) is 0. The van der Waals surface area contributed by atoms with Crippen LogP contribution >= 0.6 is 0 Å². The fourth-order valence-corrected chi connectivity index (χ4v) is 0. The first-order valence-corrected chi connectivity index (χ1v) is 1.34. The molecule has 0 aliphatic rings. The summed E-state index contributed by atoms with van der Waals surface area (Å²) in [6.07, 6.45) is 0. The highest BCUT2D eigenvalue weighted by atomic mass is 28.2. The van der Waals surface area contributed by atoms with E-state index in [1.807, 2.05) is 0 Å². The van der Waals surface area contributed by atoms with Gasteiger partial charge in [-0.3, -0.25) is 0 Å². The summed E-state index contributed by atoms with van der Waals surface area (Å²) in [5.41, 5.74) is 0. The number of rotatable bonds is 0. The first kappa shape index (κ1) is 8.86. The second-order valence-electron chi connectivity index (χ2n) is 0.100. The van der Waals surface area contributed by atoms with Crippen LogP contribution in [0.25, 0.3) is 0 Å². The van der Waals surface area contributed by atoms with Gasteiger partial charge in [-0.25, -0.2) is 4.89 Å². The van der Waals surface area contributed by atoms with Crippen LogP contribution in [0, 0.1) is 4.89 Å². The zero-order chi connectivity index (χ0) is 2.71. The van der Waals surface area contributed by atoms with Gasteiger partial charge in [0.05, 0.1) is 0 Å². The molecular weight excluding hydrogens is 85.1 g/mol. The molecule has 0 radical (unpaired) electrons. The molecular formula is H4AlNOSi. The van der Waals surface area contributed by atoms with Crippen molar-refractivity contribution in [1.82, 2.24) is 0 Å². The van der Waals surface area contributed by atoms with Crippen LogP contribution in [0.15, 0.2) is 0 Å². The highest BCUT2D eigenvalue weighted by molar-refractivity contribution is 6.02. The van der Waals surface area contributed by atoms with Gasteiger partial charge in [-0.2, -0.15) is 0 Å². The Labute approximate surface area is 37.1 Å². The maximum atomic E-state index is 7.15. The Morgan fingerprint density at radius 1 is 1.75 bits per heavy atom. The van der Waals surface area contributed by atoms with Crippen LogP contribution in [0.4, 0.5) is 0 Å². The van der Waals surface area contributed by atoms with E-state index in [0.717, 1.165) is 0 Å². The predicted octanol–water partition coefficient (Wildman–Crippen LogP) is -2.11. The molecule has 0 aliphatic heterocycles. The molecule has 0 atom stereocenters. The Kier molecular flexibility index (Phi) is 23.2. The number of nitrogens with zero attached hydrogens (tertiary/aromatic N) is 1. The molecule has 0 aromatic rings. The van der Waals surface area contributed by atoms with Crippen molar-refractivity contribution in [2.45, 2.75) is 0 Å². The summed E-state index contributed by atoms with van der Waals surface area (Å²) in [5, 5.41) is 0. The van der Waals surface area contributed by atoms with Gasteiger partial charge in [0.1, 0.15) is 0 Å². The Morgan fingerprint density at radius 3 is 1.75 bits per heavy atom. The second-order valence-corrected chi connectivity index (χ2v) is 0.300. The minimum Gasteiger partial charge on any atom is -0.503 e. The van der Waals surface area contributed by atoms with Crippen molar-refractivity contribution in [3.8, 4) is 0 Å². The van der Waals surface area contributed by atoms with Crippen molar-refractivity contribution in [3.05, 3.63) is 0 Å². The normalized spacial score (nSPS) is 1.75. The molecule has 0 heterocycles. The van der Waals surface area contributed by atoms with E-state index >= 15 is 0 Å². The van der Waals surface area contributed by atoms with E-state index in [1.165, 1.54) is 0 Å². The topological polar surface area (TPSA) is 44.0 Å². The van der Waals surface area contributed by atoms with Crippen molar-refractivity contribution in [2.75, 3.05) is 0 Å².